The zero-order valence-corrected chi connectivity index (χ0v) is 16.7. The molecule has 2 heterocycles. The van der Waals surface area contributed by atoms with Crippen molar-refractivity contribution in [3.8, 4) is 0 Å². The van der Waals surface area contributed by atoms with Gasteiger partial charge in [-0.25, -0.2) is 0 Å². The molecule has 1 aliphatic heterocycles. The van der Waals surface area contributed by atoms with Crippen molar-refractivity contribution in [2.75, 3.05) is 29.9 Å². The molecule has 1 aromatic heterocycles. The standard InChI is InChI=1S/C19H22ClN3O3S/c1-13-16(19(20)26-22-13)6-7-17(24)21-15-4-2-14(3-5-15)12-18(25)23-8-10-27-11-9-23/h2-5H,6-12H2,1H3,(H,21,24). The summed E-state index contributed by atoms with van der Waals surface area (Å²) in [5.74, 6) is 2.07. The van der Waals surface area contributed by atoms with Crippen LogP contribution < -0.4 is 5.32 Å². The molecule has 1 fully saturated rings. The highest BCUT2D eigenvalue weighted by Gasteiger charge is 2.17. The topological polar surface area (TPSA) is 75.4 Å². The van der Waals surface area contributed by atoms with Crippen molar-refractivity contribution in [3.63, 3.8) is 0 Å². The number of nitrogens with zero attached hydrogens (tertiary/aromatic N) is 2. The fourth-order valence-electron chi connectivity index (χ4n) is 2.91. The van der Waals surface area contributed by atoms with Gasteiger partial charge >= 0.3 is 0 Å². The number of hydrogen-bond acceptors (Lipinski definition) is 5. The van der Waals surface area contributed by atoms with Gasteiger partial charge in [0.15, 0.2) is 0 Å². The van der Waals surface area contributed by atoms with Gasteiger partial charge < -0.3 is 14.7 Å². The number of anilines is 1. The molecule has 0 spiro atoms. The van der Waals surface area contributed by atoms with Gasteiger partial charge in [-0.1, -0.05) is 17.3 Å². The van der Waals surface area contributed by atoms with Crippen LogP contribution >= 0.6 is 23.4 Å². The molecule has 0 aliphatic carbocycles. The van der Waals surface area contributed by atoms with Crippen LogP contribution in [0, 0.1) is 6.92 Å². The Morgan fingerprint density at radius 2 is 1.96 bits per heavy atom. The smallest absolute Gasteiger partial charge is 0.229 e. The Balaban J connectivity index is 1.48. The first kappa shape index (κ1) is 19.8. The predicted molar refractivity (Wildman–Crippen MR) is 107 cm³/mol. The van der Waals surface area contributed by atoms with Gasteiger partial charge in [0, 0.05) is 42.3 Å². The molecule has 1 N–H and O–H groups in total. The van der Waals surface area contributed by atoms with Crippen LogP contribution in [0.5, 0.6) is 0 Å². The summed E-state index contributed by atoms with van der Waals surface area (Å²) in [6, 6.07) is 7.41. The van der Waals surface area contributed by atoms with E-state index >= 15 is 0 Å². The van der Waals surface area contributed by atoms with Crippen molar-refractivity contribution in [3.05, 3.63) is 46.3 Å². The van der Waals surface area contributed by atoms with Gasteiger partial charge in [0.2, 0.25) is 17.0 Å². The molecular weight excluding hydrogens is 386 g/mol. The van der Waals surface area contributed by atoms with E-state index in [4.69, 9.17) is 16.1 Å². The Morgan fingerprint density at radius 1 is 1.26 bits per heavy atom. The van der Waals surface area contributed by atoms with E-state index in [2.05, 4.69) is 10.5 Å². The maximum Gasteiger partial charge on any atom is 0.229 e. The molecular formula is C19H22ClN3O3S. The first-order valence-electron chi connectivity index (χ1n) is 8.88. The summed E-state index contributed by atoms with van der Waals surface area (Å²) in [4.78, 5) is 26.4. The number of amides is 2. The molecule has 0 unspecified atom stereocenters. The maximum atomic E-state index is 12.3. The number of aromatic nitrogens is 1. The SMILES string of the molecule is Cc1noc(Cl)c1CCC(=O)Nc1ccc(CC(=O)N2CCSCC2)cc1. The molecule has 8 heteroatoms. The van der Waals surface area contributed by atoms with Crippen molar-refractivity contribution in [2.24, 2.45) is 0 Å². The van der Waals surface area contributed by atoms with Crippen LogP contribution in [0.2, 0.25) is 5.22 Å². The summed E-state index contributed by atoms with van der Waals surface area (Å²) in [6.07, 6.45) is 1.15. The number of nitrogens with one attached hydrogen (secondary N) is 1. The minimum absolute atomic E-state index is 0.110. The predicted octanol–water partition coefficient (Wildman–Crippen LogP) is 3.33. The minimum atomic E-state index is -0.110. The first-order valence-corrected chi connectivity index (χ1v) is 10.4. The number of carbonyl (C=O) groups is 2. The normalized spacial score (nSPS) is 14.2. The second kappa shape index (κ2) is 9.28. The monoisotopic (exact) mass is 407 g/mol. The van der Waals surface area contributed by atoms with Crippen LogP contribution in [0.15, 0.2) is 28.8 Å². The number of benzene rings is 1. The molecule has 0 radical (unpaired) electrons. The van der Waals surface area contributed by atoms with Gasteiger partial charge in [0.25, 0.3) is 0 Å². The highest BCUT2D eigenvalue weighted by Crippen LogP contribution is 2.21. The molecule has 1 aromatic carbocycles. The number of aryl methyl sites for hydroxylation is 1. The second-order valence-electron chi connectivity index (χ2n) is 6.44. The van der Waals surface area contributed by atoms with E-state index in [0.717, 1.165) is 35.7 Å². The van der Waals surface area contributed by atoms with Gasteiger partial charge in [-0.2, -0.15) is 11.8 Å². The van der Waals surface area contributed by atoms with Crippen LogP contribution in [-0.4, -0.2) is 46.5 Å². The second-order valence-corrected chi connectivity index (χ2v) is 8.00. The summed E-state index contributed by atoms with van der Waals surface area (Å²) in [5.41, 5.74) is 3.12. The molecule has 144 valence electrons. The van der Waals surface area contributed by atoms with Gasteiger partial charge in [-0.3, -0.25) is 9.59 Å². The van der Waals surface area contributed by atoms with E-state index in [9.17, 15) is 9.59 Å². The average molecular weight is 408 g/mol. The molecule has 2 aromatic rings. The van der Waals surface area contributed by atoms with E-state index in [-0.39, 0.29) is 23.5 Å². The number of halogens is 1. The molecule has 0 atom stereocenters. The van der Waals surface area contributed by atoms with Gasteiger partial charge in [-0.15, -0.1) is 0 Å². The van der Waals surface area contributed by atoms with E-state index < -0.39 is 0 Å². The Morgan fingerprint density at radius 3 is 2.59 bits per heavy atom. The highest BCUT2D eigenvalue weighted by atomic mass is 35.5. The summed E-state index contributed by atoms with van der Waals surface area (Å²) in [6.45, 7) is 3.45. The summed E-state index contributed by atoms with van der Waals surface area (Å²) in [5, 5.41) is 6.87. The molecule has 0 bridgehead atoms. The Labute approximate surface area is 167 Å². The van der Waals surface area contributed by atoms with Crippen molar-refractivity contribution in [2.45, 2.75) is 26.2 Å². The van der Waals surface area contributed by atoms with Crippen molar-refractivity contribution < 1.29 is 14.1 Å². The van der Waals surface area contributed by atoms with E-state index in [1.165, 1.54) is 0 Å². The summed E-state index contributed by atoms with van der Waals surface area (Å²) in [7, 11) is 0. The Kier molecular flexibility index (Phi) is 6.79. The van der Waals surface area contributed by atoms with Crippen LogP contribution in [0.25, 0.3) is 0 Å². The Hall–Kier alpha value is -1.99. The number of carbonyl (C=O) groups excluding carboxylic acids is 2. The van der Waals surface area contributed by atoms with Crippen molar-refractivity contribution in [1.29, 1.82) is 0 Å². The molecule has 0 saturated carbocycles. The van der Waals surface area contributed by atoms with Crippen LogP contribution in [0.1, 0.15) is 23.2 Å². The lowest BCUT2D eigenvalue weighted by Gasteiger charge is -2.26. The fraction of sp³-hybridized carbons (Fsp3) is 0.421. The minimum Gasteiger partial charge on any atom is -0.344 e. The number of thioether (sulfide) groups is 1. The first-order chi connectivity index (χ1) is 13.0. The van der Waals surface area contributed by atoms with Crippen LogP contribution in [-0.2, 0) is 22.4 Å². The van der Waals surface area contributed by atoms with E-state index in [1.54, 1.807) is 6.92 Å². The quantitative estimate of drug-likeness (QED) is 0.794. The van der Waals surface area contributed by atoms with Crippen LogP contribution in [0.4, 0.5) is 5.69 Å². The van der Waals surface area contributed by atoms with Crippen molar-refractivity contribution >= 4 is 40.9 Å². The molecule has 1 saturated heterocycles. The van der Waals surface area contributed by atoms with Crippen molar-refractivity contribution in [1.82, 2.24) is 10.1 Å². The summed E-state index contributed by atoms with van der Waals surface area (Å²) < 4.78 is 4.89. The van der Waals surface area contributed by atoms with Gasteiger partial charge in [0.1, 0.15) is 0 Å². The van der Waals surface area contributed by atoms with E-state index in [0.29, 0.717) is 24.2 Å². The summed E-state index contributed by atoms with van der Waals surface area (Å²) >= 11 is 7.80. The molecule has 2 amide bonds. The molecule has 6 nitrogen and oxygen atoms in total. The maximum absolute atomic E-state index is 12.3. The highest BCUT2D eigenvalue weighted by molar-refractivity contribution is 7.99. The lowest BCUT2D eigenvalue weighted by atomic mass is 10.1. The van der Waals surface area contributed by atoms with E-state index in [1.807, 2.05) is 40.9 Å². The third-order valence-electron chi connectivity index (χ3n) is 4.50. The zero-order chi connectivity index (χ0) is 19.2. The lowest BCUT2D eigenvalue weighted by Crippen LogP contribution is -2.38. The van der Waals surface area contributed by atoms with Gasteiger partial charge in [0.05, 0.1) is 12.1 Å². The Bertz CT molecular complexity index is 782. The molecule has 27 heavy (non-hydrogen) atoms. The van der Waals surface area contributed by atoms with Crippen LogP contribution in [0.3, 0.4) is 0 Å². The van der Waals surface area contributed by atoms with Gasteiger partial charge in [-0.05, 0) is 42.6 Å². The lowest BCUT2D eigenvalue weighted by molar-refractivity contribution is -0.130. The molecule has 3 rings (SSSR count). The third kappa shape index (κ3) is 5.49. The average Bonchev–Trinajstić information content (AvgIpc) is 3.00. The molecule has 1 aliphatic rings. The number of rotatable bonds is 6. The fourth-order valence-corrected chi connectivity index (χ4v) is 4.08. The third-order valence-corrected chi connectivity index (χ3v) is 5.74. The largest absolute Gasteiger partial charge is 0.344 e. The zero-order valence-electron chi connectivity index (χ0n) is 15.2. The number of hydrogen-bond donors (Lipinski definition) is 1.